The number of hydrogen-bond acceptors (Lipinski definition) is 7. The topological polar surface area (TPSA) is 96.1 Å². The molecule has 1 saturated carbocycles. The van der Waals surface area contributed by atoms with Crippen molar-refractivity contribution in [2.45, 2.75) is 82.7 Å². The average molecular weight is 591 g/mol. The van der Waals surface area contributed by atoms with Crippen LogP contribution >= 0.6 is 0 Å². The number of nitriles is 1. The maximum Gasteiger partial charge on any atom is 0.276 e. The van der Waals surface area contributed by atoms with Gasteiger partial charge in [-0.2, -0.15) is 5.26 Å². The highest BCUT2D eigenvalue weighted by atomic mass is 19.3. The van der Waals surface area contributed by atoms with E-state index in [9.17, 15) is 10.1 Å². The van der Waals surface area contributed by atoms with Crippen LogP contribution in [0.15, 0.2) is 35.1 Å². The fourth-order valence-corrected chi connectivity index (χ4v) is 6.58. The van der Waals surface area contributed by atoms with Crippen molar-refractivity contribution in [3.63, 3.8) is 0 Å². The summed E-state index contributed by atoms with van der Waals surface area (Å²) in [5, 5.41) is 14.1. The maximum absolute atomic E-state index is 15.8. The van der Waals surface area contributed by atoms with Gasteiger partial charge in [-0.1, -0.05) is 18.2 Å². The third-order valence-electron chi connectivity index (χ3n) is 9.48. The predicted octanol–water partition coefficient (Wildman–Crippen LogP) is 5.83. The highest BCUT2D eigenvalue weighted by Gasteiger charge is 2.47. The third-order valence-corrected chi connectivity index (χ3v) is 9.48. The molecule has 1 aromatic carbocycles. The van der Waals surface area contributed by atoms with E-state index in [0.717, 1.165) is 31.4 Å². The Bertz CT molecular complexity index is 1590. The van der Waals surface area contributed by atoms with Crippen LogP contribution in [-0.2, 0) is 22.6 Å². The number of ether oxygens (including phenoxy) is 1. The van der Waals surface area contributed by atoms with E-state index in [2.05, 4.69) is 21.3 Å². The molecule has 8 nitrogen and oxygen atoms in total. The Morgan fingerprint density at radius 2 is 1.84 bits per heavy atom. The molecule has 0 radical (unpaired) electrons. The number of benzene rings is 1. The van der Waals surface area contributed by atoms with Gasteiger partial charge in [0.2, 0.25) is 0 Å². The minimum absolute atomic E-state index is 0.0344. The van der Waals surface area contributed by atoms with Crippen LogP contribution in [0.2, 0.25) is 0 Å². The van der Waals surface area contributed by atoms with E-state index in [1.165, 1.54) is 6.07 Å². The molecule has 228 valence electrons. The van der Waals surface area contributed by atoms with Crippen molar-refractivity contribution in [2.75, 3.05) is 38.2 Å². The van der Waals surface area contributed by atoms with Crippen molar-refractivity contribution >= 4 is 16.9 Å². The Morgan fingerprint density at radius 1 is 1.05 bits per heavy atom. The van der Waals surface area contributed by atoms with Gasteiger partial charge >= 0.3 is 0 Å². The first kappa shape index (κ1) is 29.6. The zero-order valence-corrected chi connectivity index (χ0v) is 25.0. The molecule has 5 heterocycles. The van der Waals surface area contributed by atoms with E-state index in [1.54, 1.807) is 29.7 Å². The van der Waals surface area contributed by atoms with Gasteiger partial charge < -0.3 is 15.0 Å². The maximum atomic E-state index is 15.8. The Hall–Kier alpha value is -3.42. The number of nitrogens with zero attached hydrogens (tertiary/aromatic N) is 5. The number of aromatic nitrogens is 3. The predicted molar refractivity (Wildman–Crippen MR) is 161 cm³/mol. The second-order valence-electron chi connectivity index (χ2n) is 12.5. The lowest BCUT2D eigenvalue weighted by molar-refractivity contribution is -0.0866. The average Bonchev–Trinajstić information content (AvgIpc) is 3.80. The second-order valence-corrected chi connectivity index (χ2v) is 12.5. The molecule has 2 fully saturated rings. The smallest absolute Gasteiger partial charge is 0.276 e. The number of pyridine rings is 1. The van der Waals surface area contributed by atoms with Crippen LogP contribution in [0.4, 0.5) is 14.6 Å². The van der Waals surface area contributed by atoms with Gasteiger partial charge in [0.05, 0.1) is 23.5 Å². The molecule has 3 aliphatic heterocycles. The number of piperidine rings is 1. The summed E-state index contributed by atoms with van der Waals surface area (Å²) in [4.78, 5) is 25.4. The molecule has 1 aliphatic carbocycles. The molecule has 0 spiro atoms. The molecule has 43 heavy (non-hydrogen) atoms. The summed E-state index contributed by atoms with van der Waals surface area (Å²) in [6.45, 7) is 7.41. The van der Waals surface area contributed by atoms with E-state index in [4.69, 9.17) is 9.72 Å². The fraction of sp³-hybridized carbons (Fsp3) is 0.576. The first-order valence-corrected chi connectivity index (χ1v) is 15.6. The van der Waals surface area contributed by atoms with Gasteiger partial charge in [-0.25, -0.2) is 18.7 Å². The van der Waals surface area contributed by atoms with Crippen molar-refractivity contribution in [1.29, 1.82) is 5.26 Å². The van der Waals surface area contributed by atoms with E-state index in [0.29, 0.717) is 86.8 Å². The summed E-state index contributed by atoms with van der Waals surface area (Å²) in [6.07, 6.45) is 4.71. The number of hydrogen-bond donors (Lipinski definition) is 1. The number of alkyl halides is 2. The van der Waals surface area contributed by atoms with Gasteiger partial charge in [-0.3, -0.25) is 9.36 Å². The molecule has 2 aromatic heterocycles. The van der Waals surface area contributed by atoms with Crippen molar-refractivity contribution in [3.05, 3.63) is 63.2 Å². The van der Waals surface area contributed by atoms with E-state index < -0.39 is 17.3 Å². The van der Waals surface area contributed by atoms with Gasteiger partial charge in [-0.05, 0) is 89.6 Å². The van der Waals surface area contributed by atoms with Gasteiger partial charge in [0.1, 0.15) is 17.3 Å². The normalized spacial score (nSPS) is 25.7. The molecule has 3 aromatic rings. The third kappa shape index (κ3) is 5.89. The largest absolute Gasteiger partial charge is 0.380 e. The van der Waals surface area contributed by atoms with Gasteiger partial charge in [0.25, 0.3) is 11.5 Å². The first-order chi connectivity index (χ1) is 20.7. The molecule has 4 aliphatic rings. The molecular formula is C33H40F2N6O2. The number of anilines is 1. The van der Waals surface area contributed by atoms with Crippen molar-refractivity contribution in [3.8, 4) is 6.07 Å². The van der Waals surface area contributed by atoms with E-state index >= 15 is 8.78 Å². The SMILES string of the molecule is Cc1nc2c3cc(C4(C#N)CC4)c(=O)n(c3n1)CCCCCOCCN1CCC(CC1)C(F)(F)c1cccc(c1)[C@@H](C)N2. The first-order valence-electron chi connectivity index (χ1n) is 15.6. The van der Waals surface area contributed by atoms with Crippen LogP contribution in [-0.4, -0.2) is 52.3 Å². The molecule has 10 heteroatoms. The minimum Gasteiger partial charge on any atom is -0.380 e. The summed E-state index contributed by atoms with van der Waals surface area (Å²) in [7, 11) is 0. The van der Waals surface area contributed by atoms with Crippen LogP contribution in [0.25, 0.3) is 11.0 Å². The molecule has 1 atom stereocenters. The summed E-state index contributed by atoms with van der Waals surface area (Å²) in [5.74, 6) is -2.62. The summed E-state index contributed by atoms with van der Waals surface area (Å²) >= 11 is 0. The lowest BCUT2D eigenvalue weighted by atomic mass is 9.85. The molecular weight excluding hydrogens is 550 g/mol. The number of nitrogens with one attached hydrogen (secondary N) is 1. The Labute approximate surface area is 251 Å². The number of halogens is 2. The molecule has 7 rings (SSSR count). The minimum atomic E-state index is -2.94. The lowest BCUT2D eigenvalue weighted by Crippen LogP contribution is -2.41. The van der Waals surface area contributed by atoms with Crippen molar-refractivity contribution < 1.29 is 13.5 Å². The molecule has 0 unspecified atom stereocenters. The van der Waals surface area contributed by atoms with Crippen LogP contribution in [0.1, 0.15) is 80.4 Å². The van der Waals surface area contributed by atoms with Gasteiger partial charge in [0, 0.05) is 42.8 Å². The standard InChI is InChI=1S/C33H40F2N6O2/c1-22-24-7-6-8-26(19-24)33(34,35)25-9-14-40(15-10-25)16-18-43-17-5-3-4-13-41-30-27(29(37-22)38-23(2)39-30)20-28(31(41)42)32(21-36)11-12-32/h6-8,19-20,22,25H,3-5,9-18H2,1-2H3,(H,37,38,39)/t22-/m1/s1. The quantitative estimate of drug-likeness (QED) is 0.381. The zero-order valence-electron chi connectivity index (χ0n) is 25.0. The Kier molecular flexibility index (Phi) is 8.22. The van der Waals surface area contributed by atoms with Crippen molar-refractivity contribution in [1.82, 2.24) is 19.4 Å². The molecule has 1 N–H and O–H groups in total. The second kappa shape index (κ2) is 11.9. The Morgan fingerprint density at radius 3 is 2.58 bits per heavy atom. The summed E-state index contributed by atoms with van der Waals surface area (Å²) in [5.41, 5.74) is 0.807. The zero-order chi connectivity index (χ0) is 30.2. The van der Waals surface area contributed by atoms with Crippen LogP contribution in [0.5, 0.6) is 0 Å². The van der Waals surface area contributed by atoms with Gasteiger partial charge in [-0.15, -0.1) is 0 Å². The van der Waals surface area contributed by atoms with Crippen LogP contribution in [0.3, 0.4) is 0 Å². The summed E-state index contributed by atoms with van der Waals surface area (Å²) < 4.78 is 39.2. The Balaban J connectivity index is 1.41. The van der Waals surface area contributed by atoms with Crippen molar-refractivity contribution in [2.24, 2.45) is 5.92 Å². The molecule has 1 saturated heterocycles. The number of rotatable bonds is 1. The summed E-state index contributed by atoms with van der Waals surface area (Å²) in [6, 6.07) is 10.5. The van der Waals surface area contributed by atoms with E-state index in [1.807, 2.05) is 13.0 Å². The van der Waals surface area contributed by atoms with E-state index in [-0.39, 0.29) is 17.2 Å². The lowest BCUT2D eigenvalue weighted by Gasteiger charge is -2.36. The van der Waals surface area contributed by atoms with Crippen LogP contribution in [0, 0.1) is 24.2 Å². The van der Waals surface area contributed by atoms with Crippen LogP contribution < -0.4 is 10.9 Å². The highest BCUT2D eigenvalue weighted by Crippen LogP contribution is 2.47. The van der Waals surface area contributed by atoms with Gasteiger partial charge in [0.15, 0.2) is 0 Å². The molecule has 0 amide bonds. The fourth-order valence-electron chi connectivity index (χ4n) is 6.58. The number of aryl methyl sites for hydroxylation is 2. The monoisotopic (exact) mass is 590 g/mol. The highest BCUT2D eigenvalue weighted by molar-refractivity contribution is 5.88. The number of fused-ring (bicyclic) bond motifs is 10. The molecule has 8 bridgehead atoms.